The Morgan fingerprint density at radius 2 is 1.62 bits per heavy atom. The SMILES string of the molecule is Cc1ccc(N=CC=C(Sc2ccc(F)cc2)c2cccc(C(F)(F)F)c2)cc1. The average molecular weight is 415 g/mol. The van der Waals surface area contributed by atoms with Gasteiger partial charge in [0.15, 0.2) is 0 Å². The van der Waals surface area contributed by atoms with Crippen molar-refractivity contribution in [2.45, 2.75) is 18.0 Å². The summed E-state index contributed by atoms with van der Waals surface area (Å²) in [5.74, 6) is -0.375. The third kappa shape index (κ3) is 6.06. The van der Waals surface area contributed by atoms with E-state index in [1.165, 1.54) is 30.0 Å². The number of allylic oxidation sites excluding steroid dienone is 1. The fourth-order valence-corrected chi connectivity index (χ4v) is 3.39. The molecule has 3 aromatic carbocycles. The Kier molecular flexibility index (Phi) is 6.54. The van der Waals surface area contributed by atoms with Gasteiger partial charge in [-0.3, -0.25) is 4.99 Å². The number of rotatable bonds is 5. The third-order valence-corrected chi connectivity index (χ3v) is 5.10. The highest BCUT2D eigenvalue weighted by atomic mass is 32.2. The van der Waals surface area contributed by atoms with Crippen LogP contribution in [0.4, 0.5) is 23.2 Å². The lowest BCUT2D eigenvalue weighted by molar-refractivity contribution is -0.137. The lowest BCUT2D eigenvalue weighted by atomic mass is 10.1. The molecule has 6 heteroatoms. The molecule has 0 heterocycles. The summed E-state index contributed by atoms with van der Waals surface area (Å²) >= 11 is 1.24. The summed E-state index contributed by atoms with van der Waals surface area (Å²) in [6.07, 6.45) is -1.22. The van der Waals surface area contributed by atoms with E-state index in [9.17, 15) is 17.6 Å². The normalized spacial score (nSPS) is 12.5. The van der Waals surface area contributed by atoms with Gasteiger partial charge in [0.2, 0.25) is 0 Å². The van der Waals surface area contributed by atoms with Crippen LogP contribution in [0.2, 0.25) is 0 Å². The van der Waals surface area contributed by atoms with Gasteiger partial charge in [-0.1, -0.05) is 41.6 Å². The van der Waals surface area contributed by atoms with Crippen LogP contribution < -0.4 is 0 Å². The molecule has 0 spiro atoms. The van der Waals surface area contributed by atoms with Gasteiger partial charge >= 0.3 is 6.18 Å². The Morgan fingerprint density at radius 1 is 0.931 bits per heavy atom. The van der Waals surface area contributed by atoms with Crippen LogP contribution in [0, 0.1) is 12.7 Å². The molecule has 0 N–H and O–H groups in total. The fraction of sp³-hybridized carbons (Fsp3) is 0.0870. The van der Waals surface area contributed by atoms with Crippen molar-refractivity contribution in [3.8, 4) is 0 Å². The molecule has 0 aromatic heterocycles. The smallest absolute Gasteiger partial charge is 0.257 e. The van der Waals surface area contributed by atoms with Crippen LogP contribution in [0.3, 0.4) is 0 Å². The largest absolute Gasteiger partial charge is 0.416 e. The quantitative estimate of drug-likeness (QED) is 0.236. The maximum Gasteiger partial charge on any atom is 0.416 e. The van der Waals surface area contributed by atoms with E-state index < -0.39 is 11.7 Å². The highest BCUT2D eigenvalue weighted by Crippen LogP contribution is 2.37. The molecule has 1 nitrogen and oxygen atoms in total. The number of hydrogen-bond acceptors (Lipinski definition) is 2. The molecule has 0 amide bonds. The van der Waals surface area contributed by atoms with E-state index in [1.807, 2.05) is 31.2 Å². The topological polar surface area (TPSA) is 12.4 Å². The second-order valence-corrected chi connectivity index (χ2v) is 7.39. The van der Waals surface area contributed by atoms with Gasteiger partial charge in [0.25, 0.3) is 0 Å². The number of benzene rings is 3. The molecule has 0 saturated heterocycles. The molecular weight excluding hydrogens is 398 g/mol. The molecule has 3 rings (SSSR count). The van der Waals surface area contributed by atoms with E-state index in [0.717, 1.165) is 23.4 Å². The Bertz CT molecular complexity index is 1020. The molecule has 0 fully saturated rings. The molecular formula is C23H17F4NS. The highest BCUT2D eigenvalue weighted by molar-refractivity contribution is 8.08. The van der Waals surface area contributed by atoms with E-state index in [1.54, 1.807) is 30.5 Å². The molecule has 0 atom stereocenters. The van der Waals surface area contributed by atoms with Gasteiger partial charge in [-0.15, -0.1) is 0 Å². The number of halogens is 4. The standard InChI is InChI=1S/C23H17F4NS/c1-16-5-9-20(10-6-16)28-14-13-22(29-21-11-7-19(24)8-12-21)17-3-2-4-18(15-17)23(25,26)27/h2-15H,1H3. The maximum atomic E-state index is 13.2. The predicted octanol–water partition coefficient (Wildman–Crippen LogP) is 7.69. The molecule has 0 saturated carbocycles. The lowest BCUT2D eigenvalue weighted by Crippen LogP contribution is -2.04. The Balaban J connectivity index is 1.94. The molecule has 0 bridgehead atoms. The first-order valence-electron chi connectivity index (χ1n) is 8.73. The van der Waals surface area contributed by atoms with Crippen molar-refractivity contribution < 1.29 is 17.6 Å². The summed E-state index contributed by atoms with van der Waals surface area (Å²) in [7, 11) is 0. The molecule has 0 aliphatic rings. The minimum absolute atomic E-state index is 0.375. The second kappa shape index (κ2) is 9.09. The number of alkyl halides is 3. The Morgan fingerprint density at radius 3 is 2.28 bits per heavy atom. The average Bonchev–Trinajstić information content (AvgIpc) is 2.70. The van der Waals surface area contributed by atoms with Crippen molar-refractivity contribution in [2.24, 2.45) is 4.99 Å². The molecule has 0 aliphatic heterocycles. The third-order valence-electron chi connectivity index (χ3n) is 4.00. The van der Waals surface area contributed by atoms with E-state index in [2.05, 4.69) is 4.99 Å². The van der Waals surface area contributed by atoms with Gasteiger partial charge < -0.3 is 0 Å². The zero-order chi connectivity index (χ0) is 20.9. The zero-order valence-electron chi connectivity index (χ0n) is 15.5. The highest BCUT2D eigenvalue weighted by Gasteiger charge is 2.30. The number of nitrogens with zero attached hydrogens (tertiary/aromatic N) is 1. The first-order chi connectivity index (χ1) is 13.8. The van der Waals surface area contributed by atoms with Gasteiger partial charge in [-0.05, 0) is 67.1 Å². The van der Waals surface area contributed by atoms with Gasteiger partial charge in [0.1, 0.15) is 5.82 Å². The predicted molar refractivity (Wildman–Crippen MR) is 111 cm³/mol. The van der Waals surface area contributed by atoms with Crippen LogP contribution in [-0.2, 0) is 6.18 Å². The summed E-state index contributed by atoms with van der Waals surface area (Å²) in [6.45, 7) is 1.97. The number of aryl methyl sites for hydroxylation is 1. The summed E-state index contributed by atoms with van der Waals surface area (Å²) in [4.78, 5) is 5.62. The van der Waals surface area contributed by atoms with Gasteiger partial charge in [-0.25, -0.2) is 4.39 Å². The molecule has 3 aromatic rings. The molecule has 0 aliphatic carbocycles. The first-order valence-corrected chi connectivity index (χ1v) is 9.55. The minimum Gasteiger partial charge on any atom is -0.257 e. The maximum absolute atomic E-state index is 13.2. The van der Waals surface area contributed by atoms with Crippen LogP contribution in [0.1, 0.15) is 16.7 Å². The van der Waals surface area contributed by atoms with Gasteiger partial charge in [0.05, 0.1) is 11.3 Å². The summed E-state index contributed by atoms with van der Waals surface area (Å²) in [5.41, 5.74) is 1.53. The van der Waals surface area contributed by atoms with E-state index in [-0.39, 0.29) is 5.82 Å². The van der Waals surface area contributed by atoms with Crippen LogP contribution >= 0.6 is 11.8 Å². The van der Waals surface area contributed by atoms with E-state index in [4.69, 9.17) is 0 Å². The Labute approximate surface area is 170 Å². The lowest BCUT2D eigenvalue weighted by Gasteiger charge is -2.11. The van der Waals surface area contributed by atoms with E-state index in [0.29, 0.717) is 15.4 Å². The van der Waals surface area contributed by atoms with Crippen LogP contribution in [-0.4, -0.2) is 6.21 Å². The molecule has 29 heavy (non-hydrogen) atoms. The van der Waals surface area contributed by atoms with Crippen LogP contribution in [0.15, 0.2) is 88.8 Å². The fourth-order valence-electron chi connectivity index (χ4n) is 2.49. The second-order valence-electron chi connectivity index (χ2n) is 6.28. The molecule has 148 valence electrons. The minimum atomic E-state index is -4.43. The summed E-state index contributed by atoms with van der Waals surface area (Å²) in [5, 5.41) is 0. The monoisotopic (exact) mass is 415 g/mol. The van der Waals surface area contributed by atoms with Crippen molar-refractivity contribution in [3.05, 3.63) is 101 Å². The number of thioether (sulfide) groups is 1. The van der Waals surface area contributed by atoms with Gasteiger partial charge in [0, 0.05) is 16.0 Å². The number of hydrogen-bond donors (Lipinski definition) is 0. The van der Waals surface area contributed by atoms with Gasteiger partial charge in [-0.2, -0.15) is 13.2 Å². The molecule has 0 unspecified atom stereocenters. The van der Waals surface area contributed by atoms with Crippen molar-refractivity contribution in [2.75, 3.05) is 0 Å². The number of aliphatic imine (C=N–C) groups is 1. The molecule has 0 radical (unpaired) electrons. The van der Waals surface area contributed by atoms with E-state index >= 15 is 0 Å². The van der Waals surface area contributed by atoms with Crippen molar-refractivity contribution in [3.63, 3.8) is 0 Å². The Hall–Kier alpha value is -2.86. The zero-order valence-corrected chi connectivity index (χ0v) is 16.3. The summed E-state index contributed by atoms with van der Waals surface area (Å²) in [6, 6.07) is 18.5. The first kappa shape index (κ1) is 20.9. The van der Waals surface area contributed by atoms with Crippen LogP contribution in [0.25, 0.3) is 4.91 Å². The van der Waals surface area contributed by atoms with Crippen molar-refractivity contribution in [1.29, 1.82) is 0 Å². The van der Waals surface area contributed by atoms with Crippen molar-refractivity contribution >= 4 is 28.6 Å². The van der Waals surface area contributed by atoms with Crippen LogP contribution in [0.5, 0.6) is 0 Å². The van der Waals surface area contributed by atoms with Crippen molar-refractivity contribution in [1.82, 2.24) is 0 Å². The summed E-state index contributed by atoms with van der Waals surface area (Å²) < 4.78 is 52.5.